The highest BCUT2D eigenvalue weighted by atomic mass is 35.5. The van der Waals surface area contributed by atoms with Crippen LogP contribution in [-0.2, 0) is 0 Å². The van der Waals surface area contributed by atoms with Crippen LogP contribution in [0.25, 0.3) is 0 Å². The summed E-state index contributed by atoms with van der Waals surface area (Å²) in [6.45, 7) is 0. The van der Waals surface area contributed by atoms with Gasteiger partial charge in [0.1, 0.15) is 5.82 Å². The second-order valence-corrected chi connectivity index (χ2v) is 3.96. The maximum absolute atomic E-state index is 13.5. The predicted octanol–water partition coefficient (Wildman–Crippen LogP) is 3.99. The fraction of sp³-hybridized carbons (Fsp3) is 0. The number of hydrogen-bond acceptors (Lipinski definition) is 1. The van der Waals surface area contributed by atoms with Gasteiger partial charge in [-0.2, -0.15) is 0 Å². The lowest BCUT2D eigenvalue weighted by molar-refractivity contribution is 0.103. The lowest BCUT2D eigenvalue weighted by Gasteiger charge is -2.05. The van der Waals surface area contributed by atoms with E-state index in [1.165, 1.54) is 12.1 Å². The van der Waals surface area contributed by atoms with Crippen molar-refractivity contribution in [2.45, 2.75) is 0 Å². The van der Waals surface area contributed by atoms with Crippen molar-refractivity contribution in [2.24, 2.45) is 0 Å². The normalized spacial score (nSPS) is 10.4. The molecule has 0 aliphatic rings. The Kier molecular flexibility index (Phi) is 3.39. The Morgan fingerprint density at radius 2 is 1.67 bits per heavy atom. The molecule has 0 aliphatic heterocycles. The molecule has 0 saturated carbocycles. The topological polar surface area (TPSA) is 17.1 Å². The molecule has 5 heteroatoms. The highest BCUT2D eigenvalue weighted by Gasteiger charge is 2.18. The van der Waals surface area contributed by atoms with Crippen LogP contribution in [0.2, 0.25) is 5.02 Å². The molecule has 0 aromatic heterocycles. The number of carbonyl (C=O) groups is 1. The van der Waals surface area contributed by atoms with Crippen molar-refractivity contribution >= 4 is 17.4 Å². The van der Waals surface area contributed by atoms with Gasteiger partial charge in [0.15, 0.2) is 17.4 Å². The van der Waals surface area contributed by atoms with Crippen molar-refractivity contribution in [1.29, 1.82) is 0 Å². The molecule has 18 heavy (non-hydrogen) atoms. The molecule has 0 saturated heterocycles. The largest absolute Gasteiger partial charge is 0.288 e. The highest BCUT2D eigenvalue weighted by Crippen LogP contribution is 2.23. The van der Waals surface area contributed by atoms with Gasteiger partial charge in [0, 0.05) is 5.56 Å². The second kappa shape index (κ2) is 4.82. The van der Waals surface area contributed by atoms with Crippen LogP contribution in [-0.4, -0.2) is 5.78 Å². The van der Waals surface area contributed by atoms with Crippen LogP contribution in [0.4, 0.5) is 13.2 Å². The van der Waals surface area contributed by atoms with Crippen LogP contribution >= 0.6 is 11.6 Å². The molecule has 0 heterocycles. The van der Waals surface area contributed by atoms with E-state index in [0.29, 0.717) is 6.07 Å². The van der Waals surface area contributed by atoms with Crippen molar-refractivity contribution < 1.29 is 18.0 Å². The van der Waals surface area contributed by atoms with E-state index in [1.54, 1.807) is 0 Å². The average Bonchev–Trinajstić information content (AvgIpc) is 2.32. The van der Waals surface area contributed by atoms with Gasteiger partial charge < -0.3 is 0 Å². The summed E-state index contributed by atoms with van der Waals surface area (Å²) in [5.41, 5.74) is -0.522. The Hall–Kier alpha value is -1.81. The van der Waals surface area contributed by atoms with E-state index in [1.807, 2.05) is 0 Å². The van der Waals surface area contributed by atoms with Gasteiger partial charge in [0.2, 0.25) is 0 Å². The molecule has 0 fully saturated rings. The van der Waals surface area contributed by atoms with E-state index in [4.69, 9.17) is 11.6 Å². The fourth-order valence-electron chi connectivity index (χ4n) is 1.50. The molecule has 2 aromatic rings. The highest BCUT2D eigenvalue weighted by molar-refractivity contribution is 6.35. The molecule has 2 rings (SSSR count). The summed E-state index contributed by atoms with van der Waals surface area (Å²) in [5, 5.41) is -0.0790. The van der Waals surface area contributed by atoms with Gasteiger partial charge >= 0.3 is 0 Å². The van der Waals surface area contributed by atoms with Crippen LogP contribution in [0, 0.1) is 17.5 Å². The van der Waals surface area contributed by atoms with E-state index < -0.39 is 23.2 Å². The zero-order chi connectivity index (χ0) is 13.3. The molecule has 1 nitrogen and oxygen atoms in total. The summed E-state index contributed by atoms with van der Waals surface area (Å²) in [6, 6.07) is 6.34. The number of rotatable bonds is 2. The molecule has 2 aromatic carbocycles. The second-order valence-electron chi connectivity index (χ2n) is 3.55. The first-order valence-electron chi connectivity index (χ1n) is 4.94. The van der Waals surface area contributed by atoms with Gasteiger partial charge in [-0.05, 0) is 30.3 Å². The van der Waals surface area contributed by atoms with Crippen LogP contribution < -0.4 is 0 Å². The lowest BCUT2D eigenvalue weighted by atomic mass is 10.0. The summed E-state index contributed by atoms with van der Waals surface area (Å²) in [4.78, 5) is 11.9. The average molecular weight is 271 g/mol. The Bertz CT molecular complexity index is 605. The number of ketones is 1. The molecule has 0 radical (unpaired) electrons. The van der Waals surface area contributed by atoms with Gasteiger partial charge in [-0.15, -0.1) is 0 Å². The molecule has 92 valence electrons. The van der Waals surface area contributed by atoms with Crippen LogP contribution in [0.5, 0.6) is 0 Å². The Morgan fingerprint density at radius 3 is 2.28 bits per heavy atom. The third kappa shape index (κ3) is 2.24. The number of hydrogen-bond donors (Lipinski definition) is 0. The predicted molar refractivity (Wildman–Crippen MR) is 61.2 cm³/mol. The van der Waals surface area contributed by atoms with Gasteiger partial charge in [-0.1, -0.05) is 17.7 Å². The summed E-state index contributed by atoms with van der Waals surface area (Å²) in [5.74, 6) is -3.85. The van der Waals surface area contributed by atoms with Crippen molar-refractivity contribution in [3.63, 3.8) is 0 Å². The monoisotopic (exact) mass is 270 g/mol. The lowest BCUT2D eigenvalue weighted by Crippen LogP contribution is -2.06. The molecule has 0 atom stereocenters. The Morgan fingerprint density at radius 1 is 0.944 bits per heavy atom. The van der Waals surface area contributed by atoms with E-state index in [0.717, 1.165) is 18.2 Å². The zero-order valence-electron chi connectivity index (χ0n) is 8.88. The third-order valence-corrected chi connectivity index (χ3v) is 2.69. The first-order valence-corrected chi connectivity index (χ1v) is 5.32. The molecule has 0 N–H and O–H groups in total. The number of halogens is 4. The van der Waals surface area contributed by atoms with E-state index >= 15 is 0 Å². The van der Waals surface area contributed by atoms with Crippen molar-refractivity contribution in [2.75, 3.05) is 0 Å². The molecule has 0 spiro atoms. The molecular weight excluding hydrogens is 265 g/mol. The summed E-state index contributed by atoms with van der Waals surface area (Å²) < 4.78 is 39.2. The third-order valence-electron chi connectivity index (χ3n) is 2.37. The minimum Gasteiger partial charge on any atom is -0.288 e. The standard InChI is InChI=1S/C13H6ClF3O/c14-8-2-1-3-10(16)12(8)13(18)7-4-5-9(15)11(17)6-7/h1-6H. The number of benzene rings is 2. The van der Waals surface area contributed by atoms with Gasteiger partial charge in [0.05, 0.1) is 10.6 Å². The van der Waals surface area contributed by atoms with Crippen molar-refractivity contribution in [3.8, 4) is 0 Å². The zero-order valence-corrected chi connectivity index (χ0v) is 9.64. The minimum absolute atomic E-state index is 0.0790. The molecule has 0 unspecified atom stereocenters. The molecule has 0 aliphatic carbocycles. The quantitative estimate of drug-likeness (QED) is 0.754. The summed E-state index contributed by atoms with van der Waals surface area (Å²) in [6.07, 6.45) is 0. The minimum atomic E-state index is -1.17. The molecule has 0 amide bonds. The van der Waals surface area contributed by atoms with Crippen LogP contribution in [0.1, 0.15) is 15.9 Å². The Balaban J connectivity index is 2.51. The Labute approximate surface area is 106 Å². The maximum Gasteiger partial charge on any atom is 0.197 e. The van der Waals surface area contributed by atoms with Gasteiger partial charge in [-0.25, -0.2) is 13.2 Å². The first kappa shape index (κ1) is 12.6. The molecular formula is C13H6ClF3O. The van der Waals surface area contributed by atoms with Crippen molar-refractivity contribution in [1.82, 2.24) is 0 Å². The summed E-state index contributed by atoms with van der Waals surface area (Å²) >= 11 is 5.72. The fourth-order valence-corrected chi connectivity index (χ4v) is 1.75. The first-order chi connectivity index (χ1) is 8.50. The smallest absolute Gasteiger partial charge is 0.197 e. The summed E-state index contributed by atoms with van der Waals surface area (Å²) in [7, 11) is 0. The van der Waals surface area contributed by atoms with E-state index in [9.17, 15) is 18.0 Å². The SMILES string of the molecule is O=C(c1ccc(F)c(F)c1)c1c(F)cccc1Cl. The van der Waals surface area contributed by atoms with Crippen molar-refractivity contribution in [3.05, 3.63) is 70.0 Å². The molecule has 0 bridgehead atoms. The van der Waals surface area contributed by atoms with E-state index in [-0.39, 0.29) is 16.1 Å². The van der Waals surface area contributed by atoms with Gasteiger partial charge in [0.25, 0.3) is 0 Å². The number of carbonyl (C=O) groups excluding carboxylic acids is 1. The van der Waals surface area contributed by atoms with Crippen LogP contribution in [0.15, 0.2) is 36.4 Å². The van der Waals surface area contributed by atoms with E-state index in [2.05, 4.69) is 0 Å². The maximum atomic E-state index is 13.5. The van der Waals surface area contributed by atoms with Crippen LogP contribution in [0.3, 0.4) is 0 Å². The van der Waals surface area contributed by atoms with Gasteiger partial charge in [-0.3, -0.25) is 4.79 Å².